The summed E-state index contributed by atoms with van der Waals surface area (Å²) in [5.41, 5.74) is 14.4. The number of carbonyl (C=O) groups excluding carboxylic acids is 2. The molecule has 170 valence electrons. The van der Waals surface area contributed by atoms with Crippen LogP contribution < -0.4 is 21.7 Å². The van der Waals surface area contributed by atoms with Crippen LogP contribution in [-0.4, -0.2) is 51.6 Å². The number of anilines is 2. The highest BCUT2D eigenvalue weighted by molar-refractivity contribution is 6.10. The van der Waals surface area contributed by atoms with Crippen LogP contribution in [0.15, 0.2) is 23.6 Å². The first-order chi connectivity index (χ1) is 15.2. The Balaban J connectivity index is 1.79. The molecule has 0 spiro atoms. The van der Waals surface area contributed by atoms with Gasteiger partial charge in [0.1, 0.15) is 28.5 Å². The van der Waals surface area contributed by atoms with E-state index in [4.69, 9.17) is 16.5 Å². The molecule has 2 aromatic rings. The summed E-state index contributed by atoms with van der Waals surface area (Å²) in [6.45, 7) is 5.14. The van der Waals surface area contributed by atoms with E-state index in [-0.39, 0.29) is 34.9 Å². The van der Waals surface area contributed by atoms with Gasteiger partial charge in [0, 0.05) is 43.2 Å². The minimum Gasteiger partial charge on any atom is -0.508 e. The Kier molecular flexibility index (Phi) is 5.53. The molecular weight excluding hydrogens is 410 g/mol. The van der Waals surface area contributed by atoms with Gasteiger partial charge in [0.25, 0.3) is 5.91 Å². The number of primary amides is 1. The van der Waals surface area contributed by atoms with E-state index in [1.807, 2.05) is 18.7 Å². The number of nitrogens with zero attached hydrogens (tertiary/aromatic N) is 4. The first-order valence-electron chi connectivity index (χ1n) is 10.8. The fourth-order valence-electron chi connectivity index (χ4n) is 4.71. The Morgan fingerprint density at radius 2 is 1.97 bits per heavy atom. The molecule has 1 unspecified atom stereocenters. The third-order valence-corrected chi connectivity index (χ3v) is 6.51. The largest absolute Gasteiger partial charge is 0.508 e. The number of aromatic nitrogens is 3. The maximum Gasteiger partial charge on any atom is 0.254 e. The van der Waals surface area contributed by atoms with Crippen LogP contribution >= 0.6 is 0 Å². The van der Waals surface area contributed by atoms with Crippen LogP contribution in [0.2, 0.25) is 0 Å². The van der Waals surface area contributed by atoms with E-state index in [2.05, 4.69) is 10.3 Å². The zero-order chi connectivity index (χ0) is 23.2. The lowest BCUT2D eigenvalue weighted by molar-refractivity contribution is -0.125. The predicted molar refractivity (Wildman–Crippen MR) is 123 cm³/mol. The number of allylic oxidation sites excluding steroid dienone is 3. The van der Waals surface area contributed by atoms with Gasteiger partial charge in [-0.25, -0.2) is 9.97 Å². The SMILES string of the molecule is CNC(=O)C1CCN(c2cnc3c(n2)c(C(N)=O)c(N)n3C2=C(C)C(O)=CCC2C)CC1. The third-order valence-electron chi connectivity index (χ3n) is 6.51. The normalized spacial score (nSPS) is 19.9. The maximum absolute atomic E-state index is 12.3. The molecule has 6 N–H and O–H groups in total. The Bertz CT molecular complexity index is 1160. The van der Waals surface area contributed by atoms with Gasteiger partial charge in [0.15, 0.2) is 5.65 Å². The van der Waals surface area contributed by atoms with Crippen LogP contribution in [0.25, 0.3) is 16.9 Å². The van der Waals surface area contributed by atoms with E-state index in [1.54, 1.807) is 23.9 Å². The number of nitrogens with two attached hydrogens (primary N) is 2. The van der Waals surface area contributed by atoms with Gasteiger partial charge < -0.3 is 26.8 Å². The van der Waals surface area contributed by atoms with Gasteiger partial charge >= 0.3 is 0 Å². The molecule has 0 saturated carbocycles. The smallest absolute Gasteiger partial charge is 0.254 e. The molecule has 1 saturated heterocycles. The highest BCUT2D eigenvalue weighted by atomic mass is 16.3. The number of carbonyl (C=O) groups is 2. The number of rotatable bonds is 4. The van der Waals surface area contributed by atoms with E-state index in [9.17, 15) is 14.7 Å². The van der Waals surface area contributed by atoms with Crippen LogP contribution in [0, 0.1) is 11.8 Å². The number of amides is 2. The van der Waals surface area contributed by atoms with Crippen LogP contribution in [0.4, 0.5) is 11.6 Å². The van der Waals surface area contributed by atoms with E-state index < -0.39 is 5.91 Å². The Morgan fingerprint density at radius 3 is 2.59 bits per heavy atom. The van der Waals surface area contributed by atoms with Crippen LogP contribution in [0.5, 0.6) is 0 Å². The fraction of sp³-hybridized carbons (Fsp3) is 0.455. The van der Waals surface area contributed by atoms with E-state index in [0.717, 1.165) is 5.70 Å². The molecule has 0 radical (unpaired) electrons. The summed E-state index contributed by atoms with van der Waals surface area (Å²) in [7, 11) is 1.65. The molecule has 0 bridgehead atoms. The summed E-state index contributed by atoms with van der Waals surface area (Å²) in [4.78, 5) is 35.6. The molecule has 1 fully saturated rings. The molecule has 2 aliphatic rings. The van der Waals surface area contributed by atoms with Crippen LogP contribution in [0.3, 0.4) is 0 Å². The van der Waals surface area contributed by atoms with Crippen molar-refractivity contribution >= 4 is 40.3 Å². The third kappa shape index (κ3) is 3.45. The summed E-state index contributed by atoms with van der Waals surface area (Å²) in [5, 5.41) is 13.0. The predicted octanol–water partition coefficient (Wildman–Crippen LogP) is 1.79. The molecule has 4 rings (SSSR count). The number of aliphatic hydroxyl groups excluding tert-OH is 1. The number of hydrogen-bond acceptors (Lipinski definition) is 7. The molecule has 10 heteroatoms. The van der Waals surface area contributed by atoms with E-state index in [1.165, 1.54) is 0 Å². The van der Waals surface area contributed by atoms with Gasteiger partial charge in [0.2, 0.25) is 5.91 Å². The number of aliphatic hydroxyl groups is 1. The van der Waals surface area contributed by atoms with E-state index >= 15 is 0 Å². The van der Waals surface area contributed by atoms with Crippen molar-refractivity contribution in [1.29, 1.82) is 0 Å². The molecule has 0 aromatic carbocycles. The second-order valence-electron chi connectivity index (χ2n) is 8.47. The summed E-state index contributed by atoms with van der Waals surface area (Å²) in [5.74, 6) is 0.358. The quantitative estimate of drug-likeness (QED) is 0.566. The average Bonchev–Trinajstić information content (AvgIpc) is 3.07. The number of hydrogen-bond donors (Lipinski definition) is 4. The van der Waals surface area contributed by atoms with Crippen molar-refractivity contribution in [3.05, 3.63) is 29.2 Å². The monoisotopic (exact) mass is 439 g/mol. The lowest BCUT2D eigenvalue weighted by Crippen LogP contribution is -2.40. The summed E-state index contributed by atoms with van der Waals surface area (Å²) < 4.78 is 1.69. The molecule has 1 aliphatic heterocycles. The summed E-state index contributed by atoms with van der Waals surface area (Å²) >= 11 is 0. The molecule has 2 amide bonds. The maximum atomic E-state index is 12.3. The van der Waals surface area contributed by atoms with Gasteiger partial charge in [-0.05, 0) is 32.3 Å². The van der Waals surface area contributed by atoms with Crippen molar-refractivity contribution < 1.29 is 14.7 Å². The first kappa shape index (κ1) is 21.7. The molecule has 1 aliphatic carbocycles. The number of nitrogen functional groups attached to an aromatic ring is 1. The van der Waals surface area contributed by atoms with Gasteiger partial charge in [-0.2, -0.15) is 0 Å². The standard InChI is InChI=1S/C22H29N7O3/c1-11-4-5-14(30)12(2)18(11)29-19(23)16(20(24)31)17-21(29)26-10-15(27-17)28-8-6-13(7-9-28)22(32)25-3/h5,10-11,13,30H,4,6-9,23H2,1-3H3,(H2,24,31)(H,25,32). The van der Waals surface area contributed by atoms with Crippen LogP contribution in [0.1, 0.15) is 43.5 Å². The number of piperidine rings is 1. The lowest BCUT2D eigenvalue weighted by atomic mass is 9.93. The van der Waals surface area contributed by atoms with Crippen molar-refractivity contribution in [1.82, 2.24) is 19.9 Å². The zero-order valence-electron chi connectivity index (χ0n) is 18.6. The van der Waals surface area contributed by atoms with Gasteiger partial charge in [-0.15, -0.1) is 0 Å². The van der Waals surface area contributed by atoms with E-state index in [0.29, 0.717) is 54.9 Å². The molecule has 3 heterocycles. The fourth-order valence-corrected chi connectivity index (χ4v) is 4.71. The Morgan fingerprint density at radius 1 is 1.28 bits per heavy atom. The van der Waals surface area contributed by atoms with Gasteiger partial charge in [-0.1, -0.05) is 6.92 Å². The second-order valence-corrected chi connectivity index (χ2v) is 8.47. The Labute approximate surface area is 186 Å². The highest BCUT2D eigenvalue weighted by Crippen LogP contribution is 2.38. The lowest BCUT2D eigenvalue weighted by Gasteiger charge is -2.31. The second kappa shape index (κ2) is 8.18. The number of nitrogens with one attached hydrogen (secondary N) is 1. The van der Waals surface area contributed by atoms with Crippen molar-refractivity contribution in [2.75, 3.05) is 30.8 Å². The van der Waals surface area contributed by atoms with Crippen molar-refractivity contribution in [3.8, 4) is 0 Å². The first-order valence-corrected chi connectivity index (χ1v) is 10.8. The molecule has 2 aromatic heterocycles. The minimum absolute atomic E-state index is 0.0192. The topological polar surface area (TPSA) is 152 Å². The van der Waals surface area contributed by atoms with Crippen molar-refractivity contribution in [2.45, 2.75) is 33.1 Å². The average molecular weight is 440 g/mol. The Hall–Kier alpha value is -3.56. The summed E-state index contributed by atoms with van der Waals surface area (Å²) in [6, 6.07) is 0. The van der Waals surface area contributed by atoms with Crippen molar-refractivity contribution in [2.24, 2.45) is 17.6 Å². The molecule has 10 nitrogen and oxygen atoms in total. The molecular formula is C22H29N7O3. The zero-order valence-corrected chi connectivity index (χ0v) is 18.6. The van der Waals surface area contributed by atoms with Crippen molar-refractivity contribution in [3.63, 3.8) is 0 Å². The minimum atomic E-state index is -0.683. The molecule has 1 atom stereocenters. The molecule has 32 heavy (non-hydrogen) atoms. The number of fused-ring (bicyclic) bond motifs is 1. The highest BCUT2D eigenvalue weighted by Gasteiger charge is 2.30. The van der Waals surface area contributed by atoms with Crippen LogP contribution in [-0.2, 0) is 4.79 Å². The summed E-state index contributed by atoms with van der Waals surface area (Å²) in [6.07, 6.45) is 5.48. The van der Waals surface area contributed by atoms with Gasteiger partial charge in [-0.3, -0.25) is 14.2 Å². The van der Waals surface area contributed by atoms with Gasteiger partial charge in [0.05, 0.1) is 6.20 Å².